The van der Waals surface area contributed by atoms with Gasteiger partial charge in [0, 0.05) is 18.7 Å². The van der Waals surface area contributed by atoms with E-state index < -0.39 is 0 Å². The lowest BCUT2D eigenvalue weighted by Crippen LogP contribution is -2.44. The molecule has 21 heavy (non-hydrogen) atoms. The number of benzene rings is 1. The SMILES string of the molecule is CC1=NN(C(=O)Nc2ccccc2)CC1N1CCCC1=O. The number of hydrazone groups is 1. The molecule has 110 valence electrons. The maximum Gasteiger partial charge on any atom is 0.342 e. The fourth-order valence-electron chi connectivity index (χ4n) is 2.75. The standard InChI is InChI=1S/C15H18N4O2/c1-11-13(18-9-5-8-14(18)20)10-19(17-11)15(21)16-12-6-3-2-4-7-12/h2-4,6-7,13H,5,8-10H2,1H3,(H,16,21). The van der Waals surface area contributed by atoms with Gasteiger partial charge in [-0.3, -0.25) is 4.79 Å². The summed E-state index contributed by atoms with van der Waals surface area (Å²) in [5.41, 5.74) is 1.55. The minimum atomic E-state index is -0.269. The molecule has 1 saturated heterocycles. The van der Waals surface area contributed by atoms with Crippen LogP contribution in [0.15, 0.2) is 35.4 Å². The van der Waals surface area contributed by atoms with Crippen molar-refractivity contribution < 1.29 is 9.59 Å². The number of para-hydroxylation sites is 1. The number of amides is 3. The van der Waals surface area contributed by atoms with E-state index in [1.807, 2.05) is 42.2 Å². The van der Waals surface area contributed by atoms with Crippen molar-refractivity contribution in [1.29, 1.82) is 0 Å². The summed E-state index contributed by atoms with van der Waals surface area (Å²) in [7, 11) is 0. The molecule has 0 bridgehead atoms. The first kappa shape index (κ1) is 13.6. The van der Waals surface area contributed by atoms with Crippen LogP contribution in [0.2, 0.25) is 0 Å². The van der Waals surface area contributed by atoms with Gasteiger partial charge in [0.05, 0.1) is 18.3 Å². The van der Waals surface area contributed by atoms with Gasteiger partial charge in [-0.05, 0) is 25.5 Å². The number of carbonyl (C=O) groups is 2. The van der Waals surface area contributed by atoms with E-state index in [1.165, 1.54) is 5.01 Å². The van der Waals surface area contributed by atoms with Gasteiger partial charge in [-0.25, -0.2) is 9.80 Å². The maximum atomic E-state index is 12.2. The third kappa shape index (κ3) is 2.74. The molecule has 1 atom stereocenters. The van der Waals surface area contributed by atoms with Gasteiger partial charge in [-0.15, -0.1) is 0 Å². The van der Waals surface area contributed by atoms with Crippen molar-refractivity contribution in [1.82, 2.24) is 9.91 Å². The predicted octanol–water partition coefficient (Wildman–Crippen LogP) is 1.90. The summed E-state index contributed by atoms with van der Waals surface area (Å²) in [5.74, 6) is 0.153. The highest BCUT2D eigenvalue weighted by Gasteiger charge is 2.36. The van der Waals surface area contributed by atoms with Gasteiger partial charge in [0.2, 0.25) is 5.91 Å². The summed E-state index contributed by atoms with van der Waals surface area (Å²) in [6.07, 6.45) is 1.48. The molecule has 3 rings (SSSR count). The van der Waals surface area contributed by atoms with Crippen LogP contribution in [-0.2, 0) is 4.79 Å². The van der Waals surface area contributed by atoms with Crippen LogP contribution in [0, 0.1) is 0 Å². The number of anilines is 1. The Morgan fingerprint density at radius 1 is 1.33 bits per heavy atom. The largest absolute Gasteiger partial charge is 0.342 e. The molecule has 0 aromatic heterocycles. The number of hydrogen-bond acceptors (Lipinski definition) is 3. The Morgan fingerprint density at radius 3 is 2.76 bits per heavy atom. The molecule has 6 nitrogen and oxygen atoms in total. The zero-order valence-electron chi connectivity index (χ0n) is 12.0. The number of hydrogen-bond donors (Lipinski definition) is 1. The predicted molar refractivity (Wildman–Crippen MR) is 80.0 cm³/mol. The molecule has 1 unspecified atom stereocenters. The second-order valence-corrected chi connectivity index (χ2v) is 5.33. The first-order valence-electron chi connectivity index (χ1n) is 7.13. The van der Waals surface area contributed by atoms with Crippen molar-refractivity contribution in [3.8, 4) is 0 Å². The number of nitrogens with one attached hydrogen (secondary N) is 1. The molecule has 1 aromatic rings. The van der Waals surface area contributed by atoms with Gasteiger partial charge in [0.25, 0.3) is 0 Å². The minimum Gasteiger partial charge on any atom is -0.332 e. The van der Waals surface area contributed by atoms with Crippen molar-refractivity contribution >= 4 is 23.3 Å². The van der Waals surface area contributed by atoms with Crippen LogP contribution in [0.25, 0.3) is 0 Å². The molecular weight excluding hydrogens is 268 g/mol. The number of urea groups is 1. The first-order chi connectivity index (χ1) is 10.1. The summed E-state index contributed by atoms with van der Waals surface area (Å²) in [4.78, 5) is 25.9. The zero-order valence-corrected chi connectivity index (χ0v) is 12.0. The van der Waals surface area contributed by atoms with E-state index in [0.29, 0.717) is 13.0 Å². The molecule has 0 saturated carbocycles. The van der Waals surface area contributed by atoms with Crippen LogP contribution in [0.1, 0.15) is 19.8 Å². The average Bonchev–Trinajstić information content (AvgIpc) is 3.06. The van der Waals surface area contributed by atoms with E-state index in [4.69, 9.17) is 0 Å². The van der Waals surface area contributed by atoms with Crippen LogP contribution in [0.4, 0.5) is 10.5 Å². The van der Waals surface area contributed by atoms with Crippen LogP contribution in [0.3, 0.4) is 0 Å². The third-order valence-corrected chi connectivity index (χ3v) is 3.85. The van der Waals surface area contributed by atoms with Crippen LogP contribution in [0.5, 0.6) is 0 Å². The van der Waals surface area contributed by atoms with Gasteiger partial charge in [-0.1, -0.05) is 18.2 Å². The van der Waals surface area contributed by atoms with Crippen LogP contribution < -0.4 is 5.32 Å². The third-order valence-electron chi connectivity index (χ3n) is 3.85. The second-order valence-electron chi connectivity index (χ2n) is 5.33. The fraction of sp³-hybridized carbons (Fsp3) is 0.400. The summed E-state index contributed by atoms with van der Waals surface area (Å²) >= 11 is 0. The highest BCUT2D eigenvalue weighted by molar-refractivity contribution is 5.97. The van der Waals surface area contributed by atoms with Crippen LogP contribution in [-0.4, -0.2) is 46.7 Å². The van der Waals surface area contributed by atoms with Crippen molar-refractivity contribution in [2.24, 2.45) is 5.10 Å². The van der Waals surface area contributed by atoms with Crippen molar-refractivity contribution in [3.63, 3.8) is 0 Å². The van der Waals surface area contributed by atoms with E-state index in [9.17, 15) is 9.59 Å². The molecule has 0 radical (unpaired) electrons. The molecule has 2 aliphatic heterocycles. The number of nitrogens with zero attached hydrogens (tertiary/aromatic N) is 3. The van der Waals surface area contributed by atoms with Crippen molar-refractivity contribution in [3.05, 3.63) is 30.3 Å². The zero-order chi connectivity index (χ0) is 14.8. The highest BCUT2D eigenvalue weighted by Crippen LogP contribution is 2.20. The van der Waals surface area contributed by atoms with Gasteiger partial charge >= 0.3 is 6.03 Å². The number of carbonyl (C=O) groups excluding carboxylic acids is 2. The fourth-order valence-corrected chi connectivity index (χ4v) is 2.75. The Balaban J connectivity index is 1.65. The van der Waals surface area contributed by atoms with Gasteiger partial charge < -0.3 is 10.2 Å². The van der Waals surface area contributed by atoms with Crippen molar-refractivity contribution in [2.45, 2.75) is 25.8 Å². The Bertz CT molecular complexity index is 585. The normalized spacial score (nSPS) is 21.7. The maximum absolute atomic E-state index is 12.2. The molecular formula is C15H18N4O2. The molecule has 0 aliphatic carbocycles. The lowest BCUT2D eigenvalue weighted by Gasteiger charge is -2.24. The van der Waals surface area contributed by atoms with Crippen LogP contribution >= 0.6 is 0 Å². The summed E-state index contributed by atoms with van der Waals surface area (Å²) in [5, 5.41) is 8.49. The monoisotopic (exact) mass is 286 g/mol. The molecule has 3 amide bonds. The summed E-state index contributed by atoms with van der Waals surface area (Å²) in [6, 6.07) is 8.91. The van der Waals surface area contributed by atoms with Crippen molar-refractivity contribution in [2.75, 3.05) is 18.4 Å². The molecule has 6 heteroatoms. The molecule has 2 heterocycles. The molecule has 1 aromatic carbocycles. The van der Waals surface area contributed by atoms with E-state index in [0.717, 1.165) is 24.4 Å². The minimum absolute atomic E-state index is 0.0819. The Labute approximate surface area is 123 Å². The van der Waals surface area contributed by atoms with E-state index in [2.05, 4.69) is 10.4 Å². The quantitative estimate of drug-likeness (QED) is 0.902. The van der Waals surface area contributed by atoms with E-state index in [1.54, 1.807) is 0 Å². The lowest BCUT2D eigenvalue weighted by atomic mass is 10.2. The first-order valence-corrected chi connectivity index (χ1v) is 7.13. The second kappa shape index (κ2) is 5.55. The van der Waals surface area contributed by atoms with Gasteiger partial charge in [-0.2, -0.15) is 5.10 Å². The van der Waals surface area contributed by atoms with E-state index in [-0.39, 0.29) is 18.0 Å². The smallest absolute Gasteiger partial charge is 0.332 e. The molecule has 2 aliphatic rings. The number of likely N-dealkylation sites (tertiary alicyclic amines) is 1. The van der Waals surface area contributed by atoms with Gasteiger partial charge in [0.15, 0.2) is 0 Å². The van der Waals surface area contributed by atoms with E-state index >= 15 is 0 Å². The molecule has 1 N–H and O–H groups in total. The summed E-state index contributed by atoms with van der Waals surface area (Å²) in [6.45, 7) is 3.05. The summed E-state index contributed by atoms with van der Waals surface area (Å²) < 4.78 is 0. The Morgan fingerprint density at radius 2 is 2.10 bits per heavy atom. The van der Waals surface area contributed by atoms with Gasteiger partial charge in [0.1, 0.15) is 0 Å². The highest BCUT2D eigenvalue weighted by atomic mass is 16.2. The molecule has 0 spiro atoms. The Kier molecular flexibility index (Phi) is 3.60. The number of rotatable bonds is 2. The molecule has 1 fully saturated rings. The lowest BCUT2D eigenvalue weighted by molar-refractivity contribution is -0.128. The Hall–Kier alpha value is -2.37. The topological polar surface area (TPSA) is 65.0 Å². The average molecular weight is 286 g/mol.